The molecular formula is C16H22N2O5S. The molecule has 0 radical (unpaired) electrons. The predicted octanol–water partition coefficient (Wildman–Crippen LogP) is 0.176. The summed E-state index contributed by atoms with van der Waals surface area (Å²) in [5, 5.41) is 19.2. The zero-order valence-electron chi connectivity index (χ0n) is 13.8. The summed E-state index contributed by atoms with van der Waals surface area (Å²) < 4.78 is 14.1. The Kier molecular flexibility index (Phi) is 5.19. The number of aromatic hydroxyl groups is 2. The second-order valence-corrected chi connectivity index (χ2v) is 8.40. The van der Waals surface area contributed by atoms with Gasteiger partial charge in [0.1, 0.15) is 0 Å². The van der Waals surface area contributed by atoms with Gasteiger partial charge in [-0.15, -0.1) is 0 Å². The van der Waals surface area contributed by atoms with Crippen LogP contribution in [0.4, 0.5) is 0 Å². The highest BCUT2D eigenvalue weighted by Gasteiger charge is 2.26. The number of rotatable bonds is 3. The van der Waals surface area contributed by atoms with Gasteiger partial charge in [-0.1, -0.05) is 6.92 Å². The Morgan fingerprint density at radius 3 is 2.38 bits per heavy atom. The van der Waals surface area contributed by atoms with Gasteiger partial charge in [-0.3, -0.25) is 13.8 Å². The predicted molar refractivity (Wildman–Crippen MR) is 94.1 cm³/mol. The highest BCUT2D eigenvalue weighted by molar-refractivity contribution is 7.98. The standard InChI is InChI=1S/C16H22N2O5S/c1-4-24(3,23)18-7-5-17(6-8-18)16(22)12-10-14(20)15(21)13(19)9-11(12)2/h9-10H,3-8H2,1-2H3,(H2,19,20,21). The SMILES string of the molecule is C=S(=O)(CC)N1CCN(C(=O)c2cc(O)c(O)c(=O)cc2C)CC1. The molecule has 2 N–H and O–H groups in total. The van der Waals surface area contributed by atoms with E-state index >= 15 is 0 Å². The minimum absolute atomic E-state index is 0.157. The van der Waals surface area contributed by atoms with Gasteiger partial charge in [-0.25, -0.2) is 4.31 Å². The van der Waals surface area contributed by atoms with Gasteiger partial charge >= 0.3 is 0 Å². The van der Waals surface area contributed by atoms with Crippen molar-refractivity contribution in [2.45, 2.75) is 13.8 Å². The fourth-order valence-electron chi connectivity index (χ4n) is 2.60. The van der Waals surface area contributed by atoms with Crippen LogP contribution >= 0.6 is 0 Å². The van der Waals surface area contributed by atoms with Crippen molar-refractivity contribution in [3.8, 4) is 11.5 Å². The second kappa shape index (κ2) is 6.82. The molecule has 24 heavy (non-hydrogen) atoms. The van der Waals surface area contributed by atoms with Gasteiger partial charge in [0.25, 0.3) is 5.91 Å². The van der Waals surface area contributed by atoms with Crippen molar-refractivity contribution in [3.63, 3.8) is 0 Å². The minimum atomic E-state index is -2.29. The lowest BCUT2D eigenvalue weighted by Crippen LogP contribution is -2.50. The molecule has 1 fully saturated rings. The van der Waals surface area contributed by atoms with Crippen molar-refractivity contribution in [3.05, 3.63) is 33.5 Å². The van der Waals surface area contributed by atoms with Crippen molar-refractivity contribution in [1.29, 1.82) is 0 Å². The monoisotopic (exact) mass is 354 g/mol. The van der Waals surface area contributed by atoms with E-state index < -0.39 is 26.6 Å². The van der Waals surface area contributed by atoms with Crippen LogP contribution in [-0.4, -0.2) is 67.3 Å². The largest absolute Gasteiger partial charge is 0.504 e. The summed E-state index contributed by atoms with van der Waals surface area (Å²) >= 11 is 0. The van der Waals surface area contributed by atoms with Crippen LogP contribution in [0.2, 0.25) is 0 Å². The quantitative estimate of drug-likeness (QED) is 0.755. The van der Waals surface area contributed by atoms with Crippen molar-refractivity contribution < 1.29 is 19.2 Å². The maximum atomic E-state index is 12.7. The van der Waals surface area contributed by atoms with Gasteiger partial charge < -0.3 is 15.1 Å². The van der Waals surface area contributed by atoms with Crippen LogP contribution in [0.1, 0.15) is 22.8 Å². The lowest BCUT2D eigenvalue weighted by molar-refractivity contribution is 0.0699. The molecule has 8 heteroatoms. The van der Waals surface area contributed by atoms with Crippen LogP contribution in [0.25, 0.3) is 0 Å². The van der Waals surface area contributed by atoms with Crippen LogP contribution in [0.3, 0.4) is 0 Å². The summed E-state index contributed by atoms with van der Waals surface area (Å²) in [5.74, 6) is 2.46. The van der Waals surface area contributed by atoms with Crippen molar-refractivity contribution in [2.75, 3.05) is 31.9 Å². The van der Waals surface area contributed by atoms with Crippen LogP contribution in [0.5, 0.6) is 11.5 Å². The zero-order valence-corrected chi connectivity index (χ0v) is 14.6. The molecule has 1 atom stereocenters. The average Bonchev–Trinajstić information content (AvgIpc) is 2.66. The average molecular weight is 354 g/mol. The van der Waals surface area contributed by atoms with Crippen LogP contribution in [0.15, 0.2) is 16.9 Å². The molecular weight excluding hydrogens is 332 g/mol. The molecule has 1 aliphatic heterocycles. The van der Waals surface area contributed by atoms with E-state index in [2.05, 4.69) is 5.87 Å². The summed E-state index contributed by atoms with van der Waals surface area (Å²) in [4.78, 5) is 25.9. The Morgan fingerprint density at radius 1 is 1.25 bits per heavy atom. The maximum Gasteiger partial charge on any atom is 0.254 e. The fourth-order valence-corrected chi connectivity index (χ4v) is 3.79. The topological polar surface area (TPSA) is 98.2 Å². The van der Waals surface area contributed by atoms with E-state index in [0.29, 0.717) is 37.5 Å². The first-order valence-corrected chi connectivity index (χ1v) is 9.49. The Morgan fingerprint density at radius 2 is 1.83 bits per heavy atom. The number of carbonyl (C=O) groups excluding carboxylic acids is 1. The Balaban J connectivity index is 2.25. The molecule has 0 aliphatic carbocycles. The number of amides is 1. The molecule has 1 heterocycles. The smallest absolute Gasteiger partial charge is 0.254 e. The normalized spacial score (nSPS) is 18.2. The molecule has 0 spiro atoms. The number of carbonyl (C=O) groups is 1. The summed E-state index contributed by atoms with van der Waals surface area (Å²) in [6, 6.07) is 2.23. The lowest BCUT2D eigenvalue weighted by atomic mass is 10.1. The first-order chi connectivity index (χ1) is 11.2. The molecule has 0 bridgehead atoms. The molecule has 1 aromatic carbocycles. The first kappa shape index (κ1) is 18.3. The second-order valence-electron chi connectivity index (χ2n) is 5.77. The van der Waals surface area contributed by atoms with Gasteiger partial charge in [0, 0.05) is 47.2 Å². The lowest BCUT2D eigenvalue weighted by Gasteiger charge is -2.36. The Hall–Kier alpha value is -2.06. The Labute approximate surface area is 141 Å². The van der Waals surface area contributed by atoms with Crippen molar-refractivity contribution >= 4 is 21.5 Å². The van der Waals surface area contributed by atoms with Gasteiger partial charge in [-0.2, -0.15) is 0 Å². The molecule has 0 saturated carbocycles. The third-order valence-electron chi connectivity index (χ3n) is 4.21. The van der Waals surface area contributed by atoms with Crippen LogP contribution in [0, 0.1) is 6.92 Å². The number of hydrogen-bond acceptors (Lipinski definition) is 5. The van der Waals surface area contributed by atoms with E-state index in [1.807, 2.05) is 6.92 Å². The molecule has 7 nitrogen and oxygen atoms in total. The van der Waals surface area contributed by atoms with Gasteiger partial charge in [0.2, 0.25) is 11.2 Å². The highest BCUT2D eigenvalue weighted by atomic mass is 32.2. The molecule has 0 aromatic heterocycles. The highest BCUT2D eigenvalue weighted by Crippen LogP contribution is 2.23. The van der Waals surface area contributed by atoms with E-state index in [0.717, 1.165) is 12.1 Å². The van der Waals surface area contributed by atoms with E-state index in [1.54, 1.807) is 16.1 Å². The van der Waals surface area contributed by atoms with Crippen LogP contribution < -0.4 is 5.43 Å². The van der Waals surface area contributed by atoms with Crippen molar-refractivity contribution in [2.24, 2.45) is 0 Å². The third-order valence-corrected chi connectivity index (χ3v) is 6.42. The number of hydrogen-bond donors (Lipinski definition) is 2. The van der Waals surface area contributed by atoms with E-state index in [1.165, 1.54) is 0 Å². The number of nitrogens with zero attached hydrogens (tertiary/aromatic N) is 2. The zero-order chi connectivity index (χ0) is 18.1. The summed E-state index contributed by atoms with van der Waals surface area (Å²) in [6.07, 6.45) is 0. The number of piperazine rings is 1. The molecule has 132 valence electrons. The van der Waals surface area contributed by atoms with E-state index in [4.69, 9.17) is 0 Å². The maximum absolute atomic E-state index is 12.7. The first-order valence-electron chi connectivity index (χ1n) is 7.63. The molecule has 1 aliphatic rings. The molecule has 2 rings (SSSR count). The fraction of sp³-hybridized carbons (Fsp3) is 0.438. The molecule has 1 aromatic rings. The van der Waals surface area contributed by atoms with Crippen LogP contribution in [-0.2, 0) is 9.71 Å². The molecule has 1 saturated heterocycles. The van der Waals surface area contributed by atoms with Gasteiger partial charge in [0.05, 0.1) is 0 Å². The van der Waals surface area contributed by atoms with E-state index in [9.17, 15) is 24.0 Å². The number of aryl methyl sites for hydroxylation is 1. The van der Waals surface area contributed by atoms with Gasteiger partial charge in [-0.05, 0) is 30.5 Å². The summed E-state index contributed by atoms with van der Waals surface area (Å²) in [7, 11) is -2.29. The minimum Gasteiger partial charge on any atom is -0.504 e. The van der Waals surface area contributed by atoms with Gasteiger partial charge in [0.15, 0.2) is 5.75 Å². The third kappa shape index (κ3) is 3.54. The van der Waals surface area contributed by atoms with E-state index in [-0.39, 0.29) is 11.5 Å². The van der Waals surface area contributed by atoms with Crippen molar-refractivity contribution in [1.82, 2.24) is 9.21 Å². The summed E-state index contributed by atoms with van der Waals surface area (Å²) in [5.41, 5.74) is -0.213. The Bertz CT molecular complexity index is 812. The summed E-state index contributed by atoms with van der Waals surface area (Å²) in [6.45, 7) is 5.04. The molecule has 1 unspecified atom stereocenters. The molecule has 1 amide bonds.